The normalized spacial score (nSPS) is 20.2. The number of pyridine rings is 1. The second-order valence-electron chi connectivity index (χ2n) is 10.9. The minimum absolute atomic E-state index is 0.109. The summed E-state index contributed by atoms with van der Waals surface area (Å²) in [4.78, 5) is 42.3. The van der Waals surface area contributed by atoms with Crippen LogP contribution in [0.25, 0.3) is 0 Å². The molecule has 8 nitrogen and oxygen atoms in total. The van der Waals surface area contributed by atoms with Crippen molar-refractivity contribution in [2.45, 2.75) is 43.6 Å². The zero-order valence-corrected chi connectivity index (χ0v) is 23.0. The molecule has 0 unspecified atom stereocenters. The van der Waals surface area contributed by atoms with Crippen LogP contribution in [0.15, 0.2) is 58.4 Å². The maximum Gasteiger partial charge on any atom is 0.316 e. The van der Waals surface area contributed by atoms with Gasteiger partial charge in [0.2, 0.25) is 11.2 Å². The summed E-state index contributed by atoms with van der Waals surface area (Å²) >= 11 is 1.40. The van der Waals surface area contributed by atoms with E-state index in [0.717, 1.165) is 16.5 Å². The van der Waals surface area contributed by atoms with E-state index in [-0.39, 0.29) is 42.5 Å². The van der Waals surface area contributed by atoms with Crippen LogP contribution in [-0.2, 0) is 15.3 Å². The van der Waals surface area contributed by atoms with Crippen LogP contribution >= 0.6 is 11.8 Å². The molecular formula is C29H27F2N3O5S. The number of amides is 1. The van der Waals surface area contributed by atoms with E-state index in [0.29, 0.717) is 5.56 Å². The lowest BCUT2D eigenvalue weighted by molar-refractivity contribution is -0.143. The summed E-state index contributed by atoms with van der Waals surface area (Å²) in [5.41, 5.74) is -0.107. The molecule has 208 valence electrons. The van der Waals surface area contributed by atoms with Crippen LogP contribution in [0.2, 0.25) is 0 Å². The van der Waals surface area contributed by atoms with E-state index in [9.17, 15) is 18.8 Å². The van der Waals surface area contributed by atoms with Gasteiger partial charge in [-0.3, -0.25) is 24.1 Å². The van der Waals surface area contributed by atoms with Gasteiger partial charge < -0.3 is 14.4 Å². The molecule has 0 radical (unpaired) electrons. The van der Waals surface area contributed by atoms with Crippen LogP contribution in [0.3, 0.4) is 0 Å². The number of aromatic nitrogens is 1. The molecule has 0 saturated carbocycles. The highest BCUT2D eigenvalue weighted by Gasteiger charge is 2.47. The van der Waals surface area contributed by atoms with Gasteiger partial charge in [0.05, 0.1) is 24.7 Å². The average Bonchev–Trinajstić information content (AvgIpc) is 3.09. The number of morpholine rings is 1. The largest absolute Gasteiger partial charge is 0.419 e. The second kappa shape index (κ2) is 9.74. The lowest BCUT2D eigenvalue weighted by atomic mass is 9.93. The van der Waals surface area contributed by atoms with E-state index >= 15 is 4.39 Å². The molecule has 11 heteroatoms. The highest BCUT2D eigenvalue weighted by atomic mass is 32.2. The van der Waals surface area contributed by atoms with Gasteiger partial charge in [-0.2, -0.15) is 0 Å². The minimum Gasteiger partial charge on any atom is -0.419 e. The Balaban J connectivity index is 1.64. The fourth-order valence-electron chi connectivity index (χ4n) is 5.31. The molecular weight excluding hydrogens is 540 g/mol. The van der Waals surface area contributed by atoms with Gasteiger partial charge >= 0.3 is 5.97 Å². The minimum atomic E-state index is -0.944. The van der Waals surface area contributed by atoms with Crippen LogP contribution in [0.5, 0.6) is 5.75 Å². The number of nitrogens with zero attached hydrogens (tertiary/aromatic N) is 3. The van der Waals surface area contributed by atoms with Crippen LogP contribution in [0.1, 0.15) is 54.0 Å². The van der Waals surface area contributed by atoms with Gasteiger partial charge in [0.15, 0.2) is 17.3 Å². The maximum absolute atomic E-state index is 15.3. The fraction of sp³-hybridized carbons (Fsp3) is 0.345. The molecule has 0 spiro atoms. The van der Waals surface area contributed by atoms with Crippen molar-refractivity contribution < 1.29 is 27.8 Å². The molecule has 0 bridgehead atoms. The summed E-state index contributed by atoms with van der Waals surface area (Å²) in [6, 6.07) is 10.8. The Morgan fingerprint density at radius 1 is 1.07 bits per heavy atom. The van der Waals surface area contributed by atoms with Crippen molar-refractivity contribution in [2.24, 2.45) is 5.41 Å². The molecule has 0 N–H and O–H groups in total. The third-order valence-corrected chi connectivity index (χ3v) is 8.46. The molecule has 2 aromatic carbocycles. The van der Waals surface area contributed by atoms with Gasteiger partial charge in [-0.25, -0.2) is 8.78 Å². The number of halogens is 2. The van der Waals surface area contributed by atoms with E-state index < -0.39 is 46.6 Å². The zero-order chi connectivity index (χ0) is 28.3. The second-order valence-corrected chi connectivity index (χ2v) is 12.0. The number of ether oxygens (including phenoxy) is 2. The van der Waals surface area contributed by atoms with E-state index in [1.54, 1.807) is 31.7 Å². The third-order valence-electron chi connectivity index (χ3n) is 7.34. The predicted octanol–water partition coefficient (Wildman–Crippen LogP) is 4.22. The molecule has 4 heterocycles. The third kappa shape index (κ3) is 4.19. The zero-order valence-electron chi connectivity index (χ0n) is 22.1. The molecule has 1 fully saturated rings. The Labute approximate surface area is 233 Å². The summed E-state index contributed by atoms with van der Waals surface area (Å²) in [6.45, 7) is 5.60. The number of hydrogen-bond donors (Lipinski definition) is 0. The topological polar surface area (TPSA) is 81.1 Å². The summed E-state index contributed by atoms with van der Waals surface area (Å²) in [5.74, 6) is -3.19. The summed E-state index contributed by atoms with van der Waals surface area (Å²) in [5, 5.41) is 1.84. The first kappa shape index (κ1) is 26.5. The van der Waals surface area contributed by atoms with E-state index in [1.165, 1.54) is 28.7 Å². The summed E-state index contributed by atoms with van der Waals surface area (Å²) in [7, 11) is 0. The molecule has 3 aliphatic heterocycles. The number of carbonyl (C=O) groups excluding carboxylic acids is 2. The van der Waals surface area contributed by atoms with Crippen LogP contribution in [0.4, 0.5) is 8.78 Å². The molecule has 1 amide bonds. The lowest BCUT2D eigenvalue weighted by Gasteiger charge is -2.51. The molecule has 6 rings (SSSR count). The van der Waals surface area contributed by atoms with Gasteiger partial charge in [0.25, 0.3) is 5.91 Å². The maximum atomic E-state index is 15.3. The summed E-state index contributed by atoms with van der Waals surface area (Å²) < 4.78 is 42.7. The quantitative estimate of drug-likeness (QED) is 0.429. The molecule has 1 aromatic heterocycles. The fourth-order valence-corrected chi connectivity index (χ4v) is 6.43. The van der Waals surface area contributed by atoms with Crippen LogP contribution < -0.4 is 15.2 Å². The van der Waals surface area contributed by atoms with Crippen LogP contribution in [-0.4, -0.2) is 47.4 Å². The molecule has 1 saturated heterocycles. The van der Waals surface area contributed by atoms with Gasteiger partial charge in [-0.1, -0.05) is 24.3 Å². The average molecular weight is 568 g/mol. The summed E-state index contributed by atoms with van der Waals surface area (Å²) in [6.07, 6.45) is 0.806. The molecule has 3 aliphatic rings. The van der Waals surface area contributed by atoms with Crippen molar-refractivity contribution in [3.05, 3.63) is 92.9 Å². The van der Waals surface area contributed by atoms with Crippen molar-refractivity contribution in [1.29, 1.82) is 0 Å². The van der Waals surface area contributed by atoms with Crippen molar-refractivity contribution in [2.75, 3.05) is 24.8 Å². The first-order valence-corrected chi connectivity index (χ1v) is 13.9. The highest BCUT2D eigenvalue weighted by molar-refractivity contribution is 7.98. The molecule has 2 atom stereocenters. The van der Waals surface area contributed by atoms with Crippen molar-refractivity contribution >= 4 is 23.6 Å². The number of fused-ring (bicyclic) bond motifs is 4. The Morgan fingerprint density at radius 2 is 1.85 bits per heavy atom. The first-order valence-electron chi connectivity index (χ1n) is 12.9. The van der Waals surface area contributed by atoms with Crippen molar-refractivity contribution in [3.63, 3.8) is 0 Å². The van der Waals surface area contributed by atoms with Crippen LogP contribution in [0, 0.1) is 17.0 Å². The van der Waals surface area contributed by atoms with E-state index in [2.05, 4.69) is 0 Å². The standard InChI is InChI=1S/C29H27F2N3O5S/c1-29(2,3)28(37)39-26-20(35)10-11-33-25(26)27(36)32-12-13-38-14-22(32)34(33)24-16-8-9-19(30)23(31)18(16)15-40-21-7-5-4-6-17(21)24/h4-11,22,24H,12-15H2,1-3H3/t22-,24+/m1/s1. The van der Waals surface area contributed by atoms with E-state index in [1.807, 2.05) is 29.3 Å². The van der Waals surface area contributed by atoms with Gasteiger partial charge in [0.1, 0.15) is 6.17 Å². The Morgan fingerprint density at radius 3 is 2.62 bits per heavy atom. The molecule has 0 aliphatic carbocycles. The number of esters is 1. The monoisotopic (exact) mass is 567 g/mol. The highest BCUT2D eigenvalue weighted by Crippen LogP contribution is 2.45. The van der Waals surface area contributed by atoms with E-state index in [4.69, 9.17) is 9.47 Å². The molecule has 40 heavy (non-hydrogen) atoms. The Bertz CT molecular complexity index is 1600. The van der Waals surface area contributed by atoms with Gasteiger partial charge in [0, 0.05) is 35.0 Å². The number of rotatable bonds is 2. The Kier molecular flexibility index (Phi) is 6.46. The number of hydrogen-bond acceptors (Lipinski definition) is 7. The Hall–Kier alpha value is -3.70. The lowest BCUT2D eigenvalue weighted by Crippen LogP contribution is -2.66. The van der Waals surface area contributed by atoms with Gasteiger partial charge in [-0.15, -0.1) is 11.8 Å². The predicted molar refractivity (Wildman–Crippen MR) is 144 cm³/mol. The van der Waals surface area contributed by atoms with Gasteiger partial charge in [-0.05, 0) is 44.0 Å². The smallest absolute Gasteiger partial charge is 0.316 e. The number of thioether (sulfide) groups is 1. The SMILES string of the molecule is CC(C)(C)C(=O)Oc1c2n(ccc1=O)N([C@@H]1c3ccccc3SCc3c1ccc(F)c3F)[C@@H]1COCCN1C2=O. The molecule has 3 aromatic rings. The van der Waals surface area contributed by atoms with Crippen molar-refractivity contribution in [1.82, 2.24) is 9.58 Å². The number of carbonyl (C=O) groups is 2. The first-order chi connectivity index (χ1) is 19.1. The van der Waals surface area contributed by atoms with Crippen molar-refractivity contribution in [3.8, 4) is 5.75 Å². The number of benzene rings is 2.